The van der Waals surface area contributed by atoms with Crippen molar-refractivity contribution in [3.05, 3.63) is 89.9 Å². The van der Waals surface area contributed by atoms with Gasteiger partial charge in [-0.1, -0.05) is 30.3 Å². The Labute approximate surface area is 159 Å². The number of esters is 1. The zero-order valence-corrected chi connectivity index (χ0v) is 14.6. The minimum atomic E-state index is -0.670. The Balaban J connectivity index is 1.62. The summed E-state index contributed by atoms with van der Waals surface area (Å²) in [6.45, 7) is -0.491. The highest BCUT2D eigenvalue weighted by Gasteiger charge is 2.18. The molecule has 0 bridgehead atoms. The van der Waals surface area contributed by atoms with Crippen molar-refractivity contribution in [2.45, 2.75) is 0 Å². The maximum atomic E-state index is 13.3. The first-order valence-corrected chi connectivity index (χ1v) is 8.51. The van der Waals surface area contributed by atoms with E-state index >= 15 is 0 Å². The summed E-state index contributed by atoms with van der Waals surface area (Å²) < 4.78 is 23.8. The summed E-state index contributed by atoms with van der Waals surface area (Å²) in [5.41, 5.74) is 1.49. The smallest absolute Gasteiger partial charge is 0.339 e. The number of Topliss-reactive ketones (excluding diaryl/α,β-unsaturated/α-hetero) is 1. The van der Waals surface area contributed by atoms with Crippen LogP contribution in [0, 0.1) is 5.82 Å². The fourth-order valence-corrected chi connectivity index (χ4v) is 2.85. The van der Waals surface area contributed by atoms with E-state index in [-0.39, 0.29) is 11.1 Å². The minimum absolute atomic E-state index is 0.142. The number of aromatic nitrogens is 1. The predicted molar refractivity (Wildman–Crippen MR) is 100 cm³/mol. The molecule has 0 aliphatic carbocycles. The molecule has 0 radical (unpaired) electrons. The van der Waals surface area contributed by atoms with E-state index < -0.39 is 24.2 Å². The van der Waals surface area contributed by atoms with Gasteiger partial charge in [-0.3, -0.25) is 4.79 Å². The Morgan fingerprint density at radius 2 is 1.86 bits per heavy atom. The zero-order valence-electron chi connectivity index (χ0n) is 14.6. The molecule has 0 atom stereocenters. The molecule has 0 N–H and O–H groups in total. The molecular formula is C22H14FNO4. The van der Waals surface area contributed by atoms with Gasteiger partial charge in [-0.2, -0.15) is 0 Å². The number of ketones is 1. The van der Waals surface area contributed by atoms with Gasteiger partial charge < -0.3 is 9.15 Å². The maximum absolute atomic E-state index is 13.3. The second kappa shape index (κ2) is 7.44. The molecule has 0 unspecified atom stereocenters. The van der Waals surface area contributed by atoms with Crippen molar-refractivity contribution in [3.8, 4) is 11.5 Å². The van der Waals surface area contributed by atoms with Gasteiger partial charge in [0.25, 0.3) is 0 Å². The van der Waals surface area contributed by atoms with E-state index in [1.165, 1.54) is 24.5 Å². The number of para-hydroxylation sites is 1. The molecular weight excluding hydrogens is 361 g/mol. The number of furan rings is 1. The number of halogens is 1. The van der Waals surface area contributed by atoms with Gasteiger partial charge in [0, 0.05) is 10.9 Å². The van der Waals surface area contributed by atoms with E-state index in [1.807, 2.05) is 6.07 Å². The molecule has 0 saturated heterocycles. The summed E-state index contributed by atoms with van der Waals surface area (Å²) in [7, 11) is 0. The van der Waals surface area contributed by atoms with Crippen molar-refractivity contribution in [1.82, 2.24) is 4.98 Å². The standard InChI is InChI=1S/C22H14FNO4/c23-15-6-3-5-14(11-15)20(25)13-28-22(26)17-12-19(21-9-4-10-27-21)24-18-8-2-1-7-16(17)18/h1-12H,13H2. The minimum Gasteiger partial charge on any atom is -0.463 e. The third-order valence-electron chi connectivity index (χ3n) is 4.19. The van der Waals surface area contributed by atoms with Crippen molar-refractivity contribution in [2.24, 2.45) is 0 Å². The fraction of sp³-hybridized carbons (Fsp3) is 0.0455. The number of ether oxygens (including phenoxy) is 1. The van der Waals surface area contributed by atoms with Crippen LogP contribution >= 0.6 is 0 Å². The SMILES string of the molecule is O=C(COC(=O)c1cc(-c2ccco2)nc2ccccc12)c1cccc(F)c1. The monoisotopic (exact) mass is 375 g/mol. The van der Waals surface area contributed by atoms with E-state index in [2.05, 4.69) is 4.98 Å². The van der Waals surface area contributed by atoms with Crippen LogP contribution in [0.3, 0.4) is 0 Å². The van der Waals surface area contributed by atoms with Crippen LogP contribution in [0.2, 0.25) is 0 Å². The van der Waals surface area contributed by atoms with Crippen LogP contribution in [0.15, 0.2) is 77.4 Å². The zero-order chi connectivity index (χ0) is 19.5. The quantitative estimate of drug-likeness (QED) is 0.374. The van der Waals surface area contributed by atoms with Crippen molar-refractivity contribution in [2.75, 3.05) is 6.61 Å². The molecule has 2 aromatic heterocycles. The Morgan fingerprint density at radius 3 is 2.64 bits per heavy atom. The Kier molecular flexibility index (Phi) is 4.68. The van der Waals surface area contributed by atoms with Gasteiger partial charge in [-0.05, 0) is 36.4 Å². The molecule has 0 fully saturated rings. The molecule has 138 valence electrons. The Morgan fingerprint density at radius 1 is 1.00 bits per heavy atom. The van der Waals surface area contributed by atoms with Crippen LogP contribution in [0.1, 0.15) is 20.7 Å². The normalized spacial score (nSPS) is 10.8. The second-order valence-corrected chi connectivity index (χ2v) is 6.06. The first-order chi connectivity index (χ1) is 13.6. The van der Waals surface area contributed by atoms with E-state index in [0.29, 0.717) is 22.4 Å². The van der Waals surface area contributed by atoms with Gasteiger partial charge in [-0.15, -0.1) is 0 Å². The lowest BCUT2D eigenvalue weighted by atomic mass is 10.1. The maximum Gasteiger partial charge on any atom is 0.339 e. The van der Waals surface area contributed by atoms with Crippen molar-refractivity contribution in [3.63, 3.8) is 0 Å². The molecule has 5 nitrogen and oxygen atoms in total. The average molecular weight is 375 g/mol. The third-order valence-corrected chi connectivity index (χ3v) is 4.19. The molecule has 0 spiro atoms. The fourth-order valence-electron chi connectivity index (χ4n) is 2.85. The predicted octanol–water partition coefficient (Wildman–Crippen LogP) is 4.67. The highest BCUT2D eigenvalue weighted by atomic mass is 19.1. The van der Waals surface area contributed by atoms with Crippen LogP contribution < -0.4 is 0 Å². The summed E-state index contributed by atoms with van der Waals surface area (Å²) >= 11 is 0. The van der Waals surface area contributed by atoms with E-state index in [4.69, 9.17) is 9.15 Å². The number of carbonyl (C=O) groups is 2. The number of rotatable bonds is 5. The number of fused-ring (bicyclic) bond motifs is 1. The largest absolute Gasteiger partial charge is 0.463 e. The van der Waals surface area contributed by atoms with Crippen molar-refractivity contribution in [1.29, 1.82) is 0 Å². The molecule has 0 aliphatic rings. The number of hydrogen-bond acceptors (Lipinski definition) is 5. The Hall–Kier alpha value is -3.80. The molecule has 0 amide bonds. The highest BCUT2D eigenvalue weighted by Crippen LogP contribution is 2.25. The van der Waals surface area contributed by atoms with E-state index in [9.17, 15) is 14.0 Å². The van der Waals surface area contributed by atoms with Crippen LogP contribution in [-0.4, -0.2) is 23.3 Å². The number of hydrogen-bond donors (Lipinski definition) is 0. The summed E-state index contributed by atoms with van der Waals surface area (Å²) in [5.74, 6) is -1.18. The summed E-state index contributed by atoms with van der Waals surface area (Å²) in [4.78, 5) is 29.4. The molecule has 4 aromatic rings. The highest BCUT2D eigenvalue weighted by molar-refractivity contribution is 6.06. The van der Waals surface area contributed by atoms with Gasteiger partial charge in [0.2, 0.25) is 0 Å². The average Bonchev–Trinajstić information content (AvgIpc) is 3.26. The second-order valence-electron chi connectivity index (χ2n) is 6.06. The molecule has 6 heteroatoms. The van der Waals surface area contributed by atoms with Crippen LogP contribution in [-0.2, 0) is 4.74 Å². The number of benzene rings is 2. The van der Waals surface area contributed by atoms with Crippen molar-refractivity contribution < 1.29 is 23.1 Å². The number of nitrogens with zero attached hydrogens (tertiary/aromatic N) is 1. The lowest BCUT2D eigenvalue weighted by molar-refractivity contribution is 0.0476. The van der Waals surface area contributed by atoms with Gasteiger partial charge in [0.1, 0.15) is 11.5 Å². The molecule has 2 aromatic carbocycles. The summed E-state index contributed by atoms with van der Waals surface area (Å²) in [5, 5.41) is 0.598. The summed E-state index contributed by atoms with van der Waals surface area (Å²) in [6.07, 6.45) is 1.52. The van der Waals surface area contributed by atoms with Crippen molar-refractivity contribution >= 4 is 22.7 Å². The first-order valence-electron chi connectivity index (χ1n) is 8.51. The first kappa shape index (κ1) is 17.6. The van der Waals surface area contributed by atoms with E-state index in [1.54, 1.807) is 36.4 Å². The van der Waals surface area contributed by atoms with E-state index in [0.717, 1.165) is 6.07 Å². The van der Waals surface area contributed by atoms with Gasteiger partial charge in [0.05, 0.1) is 17.3 Å². The molecule has 4 rings (SSSR count). The number of pyridine rings is 1. The lowest BCUT2D eigenvalue weighted by Crippen LogP contribution is -2.15. The topological polar surface area (TPSA) is 69.4 Å². The molecule has 0 saturated carbocycles. The van der Waals surface area contributed by atoms with Gasteiger partial charge >= 0.3 is 5.97 Å². The Bertz CT molecular complexity index is 1170. The van der Waals surface area contributed by atoms with Gasteiger partial charge in [0.15, 0.2) is 18.2 Å². The molecule has 2 heterocycles. The summed E-state index contributed by atoms with van der Waals surface area (Å²) in [6, 6.07) is 17.4. The molecule has 28 heavy (non-hydrogen) atoms. The number of carbonyl (C=O) groups excluding carboxylic acids is 2. The molecule has 0 aliphatic heterocycles. The van der Waals surface area contributed by atoms with Crippen LogP contribution in [0.25, 0.3) is 22.4 Å². The van der Waals surface area contributed by atoms with Crippen LogP contribution in [0.4, 0.5) is 4.39 Å². The lowest BCUT2D eigenvalue weighted by Gasteiger charge is -2.09. The third kappa shape index (κ3) is 3.53. The van der Waals surface area contributed by atoms with Crippen LogP contribution in [0.5, 0.6) is 0 Å². The van der Waals surface area contributed by atoms with Gasteiger partial charge in [-0.25, -0.2) is 14.2 Å².